The lowest BCUT2D eigenvalue weighted by Gasteiger charge is -2.12. The minimum atomic E-state index is 0.678. The first-order chi connectivity index (χ1) is 12.7. The molecule has 136 valence electrons. The van der Waals surface area contributed by atoms with E-state index in [0.29, 0.717) is 13.1 Å². The highest BCUT2D eigenvalue weighted by molar-refractivity contribution is 7.15. The van der Waals surface area contributed by atoms with Crippen LogP contribution in [0.4, 0.5) is 0 Å². The topological polar surface area (TPSA) is 52.6 Å². The van der Waals surface area contributed by atoms with Gasteiger partial charge in [0.1, 0.15) is 10.8 Å². The summed E-state index contributed by atoms with van der Waals surface area (Å²) in [5.74, 6) is 2.36. The Bertz CT molecular complexity index is 847. The third-order valence-electron chi connectivity index (χ3n) is 4.00. The highest BCUT2D eigenvalue weighted by Gasteiger charge is 2.10. The third kappa shape index (κ3) is 4.15. The molecule has 26 heavy (non-hydrogen) atoms. The zero-order valence-corrected chi connectivity index (χ0v) is 15.9. The molecular formula is C20H22N2O3S. The van der Waals surface area contributed by atoms with Gasteiger partial charge < -0.3 is 19.5 Å². The Kier molecular flexibility index (Phi) is 6.09. The highest BCUT2D eigenvalue weighted by Crippen LogP contribution is 2.31. The quantitative estimate of drug-likeness (QED) is 0.646. The van der Waals surface area contributed by atoms with Crippen molar-refractivity contribution in [2.45, 2.75) is 13.1 Å². The van der Waals surface area contributed by atoms with Gasteiger partial charge in [-0.15, -0.1) is 11.3 Å². The molecule has 0 saturated heterocycles. The van der Waals surface area contributed by atoms with Crippen molar-refractivity contribution >= 4 is 11.3 Å². The van der Waals surface area contributed by atoms with Gasteiger partial charge >= 0.3 is 0 Å². The second-order valence-corrected chi connectivity index (χ2v) is 6.72. The van der Waals surface area contributed by atoms with E-state index >= 15 is 0 Å². The van der Waals surface area contributed by atoms with Gasteiger partial charge in [0.2, 0.25) is 0 Å². The van der Waals surface area contributed by atoms with Gasteiger partial charge in [0.15, 0.2) is 11.5 Å². The minimum Gasteiger partial charge on any atom is -0.497 e. The van der Waals surface area contributed by atoms with Gasteiger partial charge in [-0.3, -0.25) is 0 Å². The van der Waals surface area contributed by atoms with E-state index < -0.39 is 0 Å². The molecule has 0 fully saturated rings. The van der Waals surface area contributed by atoms with Crippen LogP contribution in [-0.2, 0) is 13.1 Å². The van der Waals surface area contributed by atoms with E-state index in [4.69, 9.17) is 14.2 Å². The average Bonchev–Trinajstić information content (AvgIpc) is 3.16. The molecule has 6 heteroatoms. The van der Waals surface area contributed by atoms with Crippen LogP contribution in [-0.4, -0.2) is 26.3 Å². The molecule has 1 heterocycles. The van der Waals surface area contributed by atoms with E-state index in [0.717, 1.165) is 38.3 Å². The van der Waals surface area contributed by atoms with Crippen molar-refractivity contribution in [3.63, 3.8) is 0 Å². The second kappa shape index (κ2) is 8.69. The Morgan fingerprint density at radius 2 is 1.73 bits per heavy atom. The summed E-state index contributed by atoms with van der Waals surface area (Å²) < 4.78 is 16.0. The van der Waals surface area contributed by atoms with Crippen molar-refractivity contribution < 1.29 is 14.2 Å². The number of para-hydroxylation sites is 1. The highest BCUT2D eigenvalue weighted by atomic mass is 32.1. The summed E-state index contributed by atoms with van der Waals surface area (Å²) in [6.45, 7) is 1.37. The molecule has 0 radical (unpaired) electrons. The van der Waals surface area contributed by atoms with Crippen molar-refractivity contribution in [2.75, 3.05) is 21.3 Å². The lowest BCUT2D eigenvalue weighted by atomic mass is 10.2. The van der Waals surface area contributed by atoms with Gasteiger partial charge in [0.25, 0.3) is 0 Å². The van der Waals surface area contributed by atoms with Gasteiger partial charge in [-0.1, -0.05) is 12.1 Å². The Balaban J connectivity index is 1.62. The molecule has 1 N–H and O–H groups in total. The zero-order valence-electron chi connectivity index (χ0n) is 15.1. The molecule has 0 unspecified atom stereocenters. The molecule has 0 spiro atoms. The van der Waals surface area contributed by atoms with Crippen LogP contribution >= 0.6 is 11.3 Å². The molecule has 3 rings (SSSR count). The molecule has 1 aromatic heterocycles. The summed E-state index contributed by atoms with van der Waals surface area (Å²) in [6.07, 6.45) is 1.91. The first-order valence-electron chi connectivity index (χ1n) is 8.25. The lowest BCUT2D eigenvalue weighted by Crippen LogP contribution is -2.13. The Labute approximate surface area is 157 Å². The first kappa shape index (κ1) is 18.2. The van der Waals surface area contributed by atoms with Crippen molar-refractivity contribution in [1.82, 2.24) is 10.3 Å². The minimum absolute atomic E-state index is 0.678. The van der Waals surface area contributed by atoms with E-state index in [1.807, 2.05) is 48.7 Å². The predicted octanol–water partition coefficient (Wildman–Crippen LogP) is 4.13. The first-order valence-corrected chi connectivity index (χ1v) is 9.06. The number of methoxy groups -OCH3 is 3. The fourth-order valence-corrected chi connectivity index (χ4v) is 3.57. The lowest BCUT2D eigenvalue weighted by molar-refractivity contribution is 0.350. The number of benzene rings is 2. The number of hydrogen-bond donors (Lipinski definition) is 1. The fourth-order valence-electron chi connectivity index (χ4n) is 2.68. The summed E-state index contributed by atoms with van der Waals surface area (Å²) in [6, 6.07) is 13.9. The van der Waals surface area contributed by atoms with Crippen LogP contribution < -0.4 is 19.5 Å². The zero-order chi connectivity index (χ0) is 18.4. The molecule has 3 aromatic rings. The van der Waals surface area contributed by atoms with Crippen molar-refractivity contribution in [3.8, 4) is 27.7 Å². The summed E-state index contributed by atoms with van der Waals surface area (Å²) in [5, 5.41) is 4.46. The van der Waals surface area contributed by atoms with Crippen LogP contribution in [0.15, 0.2) is 48.7 Å². The van der Waals surface area contributed by atoms with Crippen LogP contribution in [0.2, 0.25) is 0 Å². The van der Waals surface area contributed by atoms with Gasteiger partial charge in [-0.05, 0) is 35.9 Å². The van der Waals surface area contributed by atoms with Crippen LogP contribution in [0.3, 0.4) is 0 Å². The predicted molar refractivity (Wildman–Crippen MR) is 104 cm³/mol. The summed E-state index contributed by atoms with van der Waals surface area (Å²) >= 11 is 1.68. The molecule has 0 aliphatic carbocycles. The van der Waals surface area contributed by atoms with Crippen LogP contribution in [0, 0.1) is 0 Å². The summed E-state index contributed by atoms with van der Waals surface area (Å²) in [5.41, 5.74) is 2.20. The van der Waals surface area contributed by atoms with E-state index in [9.17, 15) is 0 Å². The number of thiazole rings is 1. The Morgan fingerprint density at radius 3 is 2.42 bits per heavy atom. The average molecular weight is 370 g/mol. The van der Waals surface area contributed by atoms with Gasteiger partial charge in [-0.25, -0.2) is 4.98 Å². The molecule has 0 saturated carbocycles. The third-order valence-corrected chi connectivity index (χ3v) is 5.05. The molecule has 5 nitrogen and oxygen atoms in total. The van der Waals surface area contributed by atoms with E-state index in [-0.39, 0.29) is 0 Å². The maximum Gasteiger partial charge on any atom is 0.165 e. The number of rotatable bonds is 8. The fraction of sp³-hybridized carbons (Fsp3) is 0.250. The smallest absolute Gasteiger partial charge is 0.165 e. The maximum absolute atomic E-state index is 5.46. The monoisotopic (exact) mass is 370 g/mol. The van der Waals surface area contributed by atoms with Crippen LogP contribution in [0.5, 0.6) is 17.2 Å². The van der Waals surface area contributed by atoms with E-state index in [1.165, 1.54) is 0 Å². The van der Waals surface area contributed by atoms with Crippen molar-refractivity contribution in [1.29, 1.82) is 0 Å². The molecule has 2 aromatic carbocycles. The van der Waals surface area contributed by atoms with Gasteiger partial charge in [0.05, 0.1) is 26.2 Å². The van der Waals surface area contributed by atoms with Crippen LogP contribution in [0.25, 0.3) is 10.4 Å². The molecular weight excluding hydrogens is 348 g/mol. The van der Waals surface area contributed by atoms with Crippen molar-refractivity contribution in [3.05, 3.63) is 59.2 Å². The van der Waals surface area contributed by atoms with Gasteiger partial charge in [0, 0.05) is 24.8 Å². The molecule has 0 aliphatic heterocycles. The Morgan fingerprint density at radius 1 is 0.923 bits per heavy atom. The number of ether oxygens (including phenoxy) is 3. The summed E-state index contributed by atoms with van der Waals surface area (Å²) in [4.78, 5) is 5.65. The molecule has 0 amide bonds. The number of nitrogens with one attached hydrogen (secondary N) is 1. The number of nitrogens with zero attached hydrogens (tertiary/aromatic N) is 1. The van der Waals surface area contributed by atoms with Crippen LogP contribution in [0.1, 0.15) is 10.6 Å². The SMILES string of the molecule is COc1ccc(-c2cnc(CNCc3cccc(OC)c3OC)s2)cc1. The maximum atomic E-state index is 5.46. The van der Waals surface area contributed by atoms with Gasteiger partial charge in [-0.2, -0.15) is 0 Å². The Hall–Kier alpha value is -2.57. The number of hydrogen-bond acceptors (Lipinski definition) is 6. The molecule has 0 atom stereocenters. The van der Waals surface area contributed by atoms with Crippen molar-refractivity contribution in [2.24, 2.45) is 0 Å². The second-order valence-electron chi connectivity index (χ2n) is 5.60. The largest absolute Gasteiger partial charge is 0.497 e. The normalized spacial score (nSPS) is 10.6. The molecule has 0 bridgehead atoms. The summed E-state index contributed by atoms with van der Waals surface area (Å²) in [7, 11) is 4.97. The van der Waals surface area contributed by atoms with E-state index in [2.05, 4.69) is 10.3 Å². The number of aromatic nitrogens is 1. The van der Waals surface area contributed by atoms with E-state index in [1.54, 1.807) is 32.7 Å². The molecule has 0 aliphatic rings. The standard InChI is InChI=1S/C20H22N2O3S/c1-23-16-9-7-14(8-10-16)18-12-22-19(26-18)13-21-11-15-5-4-6-17(24-2)20(15)25-3/h4-10,12,21H,11,13H2,1-3H3.